The molecule has 1 heterocycles. The first-order chi connectivity index (χ1) is 8.18. The van der Waals surface area contributed by atoms with Crippen LogP contribution in [0.1, 0.15) is 58.3 Å². The molecule has 2 aliphatic rings. The van der Waals surface area contributed by atoms with Gasteiger partial charge in [0.25, 0.3) is 0 Å². The molecule has 2 N–H and O–H groups in total. The van der Waals surface area contributed by atoms with Gasteiger partial charge in [0.15, 0.2) is 0 Å². The average molecular weight is 238 g/mol. The van der Waals surface area contributed by atoms with Crippen LogP contribution in [0.15, 0.2) is 0 Å². The Labute approximate surface area is 105 Å². The zero-order valence-corrected chi connectivity index (χ0v) is 11.1. The summed E-state index contributed by atoms with van der Waals surface area (Å²) in [5, 5.41) is 6.61. The van der Waals surface area contributed by atoms with Crippen LogP contribution in [0.4, 0.5) is 0 Å². The van der Waals surface area contributed by atoms with Crippen LogP contribution in [0.3, 0.4) is 0 Å². The van der Waals surface area contributed by atoms with Crippen LogP contribution in [-0.2, 0) is 4.79 Å². The molecule has 0 aromatic carbocycles. The summed E-state index contributed by atoms with van der Waals surface area (Å²) in [4.78, 5) is 11.9. The van der Waals surface area contributed by atoms with Crippen LogP contribution in [-0.4, -0.2) is 24.5 Å². The second-order valence-electron chi connectivity index (χ2n) is 6.07. The van der Waals surface area contributed by atoms with Gasteiger partial charge in [0.05, 0.1) is 0 Å². The third-order valence-electron chi connectivity index (χ3n) is 4.34. The number of carbonyl (C=O) groups excluding carboxylic acids is 1. The molecule has 2 fully saturated rings. The number of hydrogen-bond donors (Lipinski definition) is 2. The molecular weight excluding hydrogens is 212 g/mol. The summed E-state index contributed by atoms with van der Waals surface area (Å²) in [5.74, 6) is 0.987. The van der Waals surface area contributed by atoms with Crippen LogP contribution < -0.4 is 10.6 Å². The minimum atomic E-state index is 0.0866. The van der Waals surface area contributed by atoms with E-state index >= 15 is 0 Å². The summed E-state index contributed by atoms with van der Waals surface area (Å²) >= 11 is 0. The Hall–Kier alpha value is -0.570. The van der Waals surface area contributed by atoms with Gasteiger partial charge in [-0.1, -0.05) is 19.3 Å². The van der Waals surface area contributed by atoms with Crippen LogP contribution in [0.25, 0.3) is 0 Å². The van der Waals surface area contributed by atoms with Crippen LogP contribution in [0, 0.1) is 5.92 Å². The van der Waals surface area contributed by atoms with Gasteiger partial charge in [-0.3, -0.25) is 4.79 Å². The lowest BCUT2D eigenvalue weighted by atomic mass is 9.83. The minimum Gasteiger partial charge on any atom is -0.351 e. The zero-order valence-electron chi connectivity index (χ0n) is 11.1. The van der Waals surface area contributed by atoms with E-state index in [4.69, 9.17) is 0 Å². The molecule has 1 unspecified atom stereocenters. The highest BCUT2D eigenvalue weighted by atomic mass is 16.1. The molecule has 0 bridgehead atoms. The predicted octanol–water partition coefficient (Wildman–Crippen LogP) is 2.22. The first kappa shape index (κ1) is 12.9. The molecule has 0 aromatic rings. The molecule has 1 aliphatic heterocycles. The normalized spacial score (nSPS) is 27.9. The molecule has 0 spiro atoms. The lowest BCUT2D eigenvalue weighted by molar-refractivity contribution is -0.123. The summed E-state index contributed by atoms with van der Waals surface area (Å²) < 4.78 is 0. The molecular formula is C14H26N2O. The number of hydrogen-bond acceptors (Lipinski definition) is 2. The second-order valence-corrected chi connectivity index (χ2v) is 6.07. The van der Waals surface area contributed by atoms with Crippen molar-refractivity contribution in [1.82, 2.24) is 10.6 Å². The fourth-order valence-corrected chi connectivity index (χ4v) is 3.15. The van der Waals surface area contributed by atoms with Gasteiger partial charge in [-0.2, -0.15) is 0 Å². The Morgan fingerprint density at radius 3 is 2.76 bits per heavy atom. The Bertz CT molecular complexity index is 253. The van der Waals surface area contributed by atoms with E-state index < -0.39 is 0 Å². The number of rotatable bonds is 4. The van der Waals surface area contributed by atoms with Crippen molar-refractivity contribution >= 4 is 5.91 Å². The van der Waals surface area contributed by atoms with Crippen molar-refractivity contribution in [3.63, 3.8) is 0 Å². The average Bonchev–Trinajstić information content (AvgIpc) is 2.79. The number of carbonyl (C=O) groups is 1. The van der Waals surface area contributed by atoms with Crippen molar-refractivity contribution in [2.75, 3.05) is 13.1 Å². The fraction of sp³-hybridized carbons (Fsp3) is 0.929. The molecule has 1 saturated carbocycles. The highest BCUT2D eigenvalue weighted by molar-refractivity contribution is 5.76. The van der Waals surface area contributed by atoms with Crippen molar-refractivity contribution in [3.05, 3.63) is 0 Å². The molecule has 0 aromatic heterocycles. The third-order valence-corrected chi connectivity index (χ3v) is 4.34. The molecule has 3 nitrogen and oxygen atoms in total. The van der Waals surface area contributed by atoms with Gasteiger partial charge >= 0.3 is 0 Å². The summed E-state index contributed by atoms with van der Waals surface area (Å²) in [7, 11) is 0. The zero-order chi connectivity index (χ0) is 12.1. The van der Waals surface area contributed by atoms with Gasteiger partial charge in [-0.15, -0.1) is 0 Å². The van der Waals surface area contributed by atoms with Crippen LogP contribution in [0.5, 0.6) is 0 Å². The topological polar surface area (TPSA) is 41.1 Å². The summed E-state index contributed by atoms with van der Waals surface area (Å²) in [5.41, 5.74) is 0.0866. The minimum absolute atomic E-state index is 0.0866. The quantitative estimate of drug-likeness (QED) is 0.788. The third kappa shape index (κ3) is 3.98. The van der Waals surface area contributed by atoms with Gasteiger partial charge in [0.1, 0.15) is 0 Å². The lowest BCUT2D eigenvalue weighted by Crippen LogP contribution is -2.47. The van der Waals surface area contributed by atoms with Crippen LogP contribution in [0.2, 0.25) is 0 Å². The molecule has 17 heavy (non-hydrogen) atoms. The molecule has 1 saturated heterocycles. The van der Waals surface area contributed by atoms with E-state index in [1.54, 1.807) is 0 Å². The van der Waals surface area contributed by atoms with Crippen molar-refractivity contribution < 1.29 is 4.79 Å². The van der Waals surface area contributed by atoms with Crippen LogP contribution >= 0.6 is 0 Å². The van der Waals surface area contributed by atoms with Crippen molar-refractivity contribution in [3.8, 4) is 0 Å². The predicted molar refractivity (Wildman–Crippen MR) is 69.8 cm³/mol. The fourth-order valence-electron chi connectivity index (χ4n) is 3.15. The molecule has 3 heteroatoms. The number of nitrogens with one attached hydrogen (secondary N) is 2. The van der Waals surface area contributed by atoms with Crippen molar-refractivity contribution in [2.45, 2.75) is 63.8 Å². The molecule has 98 valence electrons. The van der Waals surface area contributed by atoms with Crippen molar-refractivity contribution in [2.24, 2.45) is 5.92 Å². The van der Waals surface area contributed by atoms with E-state index in [2.05, 4.69) is 17.6 Å². The molecule has 2 rings (SSSR count). The van der Waals surface area contributed by atoms with E-state index in [0.29, 0.717) is 6.42 Å². The molecule has 1 amide bonds. The maximum Gasteiger partial charge on any atom is 0.220 e. The lowest BCUT2D eigenvalue weighted by Gasteiger charge is -2.34. The van der Waals surface area contributed by atoms with Gasteiger partial charge in [-0.25, -0.2) is 0 Å². The molecule has 0 radical (unpaired) electrons. The highest BCUT2D eigenvalue weighted by Gasteiger charge is 2.28. The van der Waals surface area contributed by atoms with Crippen molar-refractivity contribution in [1.29, 1.82) is 0 Å². The smallest absolute Gasteiger partial charge is 0.220 e. The van der Waals surface area contributed by atoms with E-state index in [9.17, 15) is 4.79 Å². The van der Waals surface area contributed by atoms with Gasteiger partial charge in [0.2, 0.25) is 5.91 Å². The van der Waals surface area contributed by atoms with Gasteiger partial charge < -0.3 is 10.6 Å². The largest absolute Gasteiger partial charge is 0.351 e. The van der Waals surface area contributed by atoms with Gasteiger partial charge in [-0.05, 0) is 51.6 Å². The Morgan fingerprint density at radius 2 is 2.12 bits per heavy atom. The summed E-state index contributed by atoms with van der Waals surface area (Å²) in [6.45, 7) is 4.44. The maximum absolute atomic E-state index is 11.9. The molecule has 1 aliphatic carbocycles. The van der Waals surface area contributed by atoms with E-state index in [1.807, 2.05) is 0 Å². The second kappa shape index (κ2) is 5.85. The monoisotopic (exact) mass is 238 g/mol. The maximum atomic E-state index is 11.9. The summed E-state index contributed by atoms with van der Waals surface area (Å²) in [6, 6.07) is 0. The van der Waals surface area contributed by atoms with E-state index in [-0.39, 0.29) is 11.4 Å². The van der Waals surface area contributed by atoms with Gasteiger partial charge in [0, 0.05) is 12.0 Å². The highest BCUT2D eigenvalue weighted by Crippen LogP contribution is 2.27. The first-order valence-electron chi connectivity index (χ1n) is 7.20. The first-order valence-corrected chi connectivity index (χ1v) is 7.20. The number of amides is 1. The standard InChI is InChI=1S/C14H26N2O/c1-14(8-3-2-4-9-14)16-13(17)6-5-12-7-10-15-11-12/h12,15H,2-11H2,1H3,(H,16,17). The molecule has 1 atom stereocenters. The Morgan fingerprint density at radius 1 is 1.35 bits per heavy atom. The van der Waals surface area contributed by atoms with E-state index in [1.165, 1.54) is 25.7 Å². The SMILES string of the molecule is CC1(NC(=O)CCC2CCNC2)CCCCC1. The van der Waals surface area contributed by atoms with E-state index in [0.717, 1.165) is 38.3 Å². The summed E-state index contributed by atoms with van der Waals surface area (Å²) in [6.07, 6.45) is 9.18. The Kier molecular flexibility index (Phi) is 4.43. The Balaban J connectivity index is 1.68.